The van der Waals surface area contributed by atoms with Gasteiger partial charge in [0.1, 0.15) is 0 Å². The van der Waals surface area contributed by atoms with Gasteiger partial charge in [-0.2, -0.15) is 0 Å². The summed E-state index contributed by atoms with van der Waals surface area (Å²) in [6, 6.07) is 13.4. The summed E-state index contributed by atoms with van der Waals surface area (Å²) in [6.45, 7) is 7.17. The van der Waals surface area contributed by atoms with Crippen molar-refractivity contribution >= 4 is 53.3 Å². The number of carbonyl (C=O) groups excluding carboxylic acids is 3. The van der Waals surface area contributed by atoms with Crippen molar-refractivity contribution in [2.24, 2.45) is 5.92 Å². The van der Waals surface area contributed by atoms with Crippen LogP contribution in [-0.2, 0) is 31.3 Å². The SMILES string of the molecule is C[C@H]1[C@H]([Si](C)(C)O)[C@@H](CC(=O)N2CCC[C@H]2CO)O[C@]12C(=O)N(Cc1cccc(N3CCCCC3=O)c1)c1ccc(Br)cc12. The number of piperidine rings is 1. The van der Waals surface area contributed by atoms with Gasteiger partial charge in [-0.3, -0.25) is 14.4 Å². The molecule has 4 aliphatic heterocycles. The van der Waals surface area contributed by atoms with E-state index in [1.54, 1.807) is 9.80 Å². The quantitative estimate of drug-likeness (QED) is 0.410. The Hall–Kier alpha value is -2.57. The number of hydrogen-bond donors (Lipinski definition) is 2. The first-order valence-electron chi connectivity index (χ1n) is 15.8. The smallest absolute Gasteiger partial charge is 0.264 e. The fourth-order valence-electron chi connectivity index (χ4n) is 8.13. The highest BCUT2D eigenvalue weighted by molar-refractivity contribution is 9.10. The van der Waals surface area contributed by atoms with Crippen molar-refractivity contribution in [2.45, 2.75) is 88.4 Å². The number of amides is 3. The van der Waals surface area contributed by atoms with E-state index in [0.29, 0.717) is 26.1 Å². The van der Waals surface area contributed by atoms with Gasteiger partial charge in [-0.05, 0) is 74.7 Å². The van der Waals surface area contributed by atoms with Gasteiger partial charge in [-0.15, -0.1) is 0 Å². The molecule has 0 radical (unpaired) electrons. The van der Waals surface area contributed by atoms with Gasteiger partial charge in [0.25, 0.3) is 5.91 Å². The lowest BCUT2D eigenvalue weighted by Crippen LogP contribution is -2.46. The number of aliphatic hydroxyl groups excluding tert-OH is 1. The van der Waals surface area contributed by atoms with Gasteiger partial charge >= 0.3 is 0 Å². The molecule has 2 aromatic rings. The number of rotatable bonds is 7. The maximum absolute atomic E-state index is 14.7. The van der Waals surface area contributed by atoms with Gasteiger partial charge in [0, 0.05) is 46.7 Å². The highest BCUT2D eigenvalue weighted by Crippen LogP contribution is 2.60. The minimum Gasteiger partial charge on any atom is -0.432 e. The maximum Gasteiger partial charge on any atom is 0.264 e. The second-order valence-electron chi connectivity index (χ2n) is 13.4. The number of likely N-dealkylation sites (tertiary alicyclic amines) is 1. The van der Waals surface area contributed by atoms with E-state index in [9.17, 15) is 24.3 Å². The van der Waals surface area contributed by atoms with Crippen molar-refractivity contribution in [3.63, 3.8) is 0 Å². The summed E-state index contributed by atoms with van der Waals surface area (Å²) < 4.78 is 7.67. The van der Waals surface area contributed by atoms with E-state index in [4.69, 9.17) is 4.74 Å². The predicted octanol–water partition coefficient (Wildman–Crippen LogP) is 4.68. The van der Waals surface area contributed by atoms with Gasteiger partial charge in [0.05, 0.1) is 37.4 Å². The summed E-state index contributed by atoms with van der Waals surface area (Å²) in [5, 5.41) is 9.83. The Balaban J connectivity index is 1.34. The summed E-state index contributed by atoms with van der Waals surface area (Å²) in [6.07, 6.45) is 3.43. The van der Waals surface area contributed by atoms with Crippen LogP contribution in [0.1, 0.15) is 56.6 Å². The molecule has 0 bridgehead atoms. The number of carbonyl (C=O) groups is 3. The average molecular weight is 685 g/mol. The fourth-order valence-corrected chi connectivity index (χ4v) is 11.0. The third kappa shape index (κ3) is 5.34. The molecule has 2 aromatic carbocycles. The van der Waals surface area contributed by atoms with Gasteiger partial charge in [0.2, 0.25) is 11.8 Å². The summed E-state index contributed by atoms with van der Waals surface area (Å²) in [7, 11) is -2.93. The molecule has 6 rings (SSSR count). The number of halogens is 1. The zero-order valence-electron chi connectivity index (χ0n) is 25.7. The average Bonchev–Trinajstić information content (AvgIpc) is 3.64. The van der Waals surface area contributed by atoms with Crippen molar-refractivity contribution < 1.29 is 29.0 Å². The first kappa shape index (κ1) is 31.4. The molecule has 0 aromatic heterocycles. The second-order valence-corrected chi connectivity index (χ2v) is 18.2. The molecule has 1 spiro atoms. The van der Waals surface area contributed by atoms with Crippen LogP contribution < -0.4 is 9.80 Å². The van der Waals surface area contributed by atoms with E-state index in [-0.39, 0.29) is 48.3 Å². The van der Waals surface area contributed by atoms with E-state index < -0.39 is 20.0 Å². The van der Waals surface area contributed by atoms with Crippen LogP contribution in [0, 0.1) is 5.92 Å². The topological polar surface area (TPSA) is 111 Å². The van der Waals surface area contributed by atoms with Crippen LogP contribution in [-0.4, -0.2) is 72.7 Å². The molecular formula is C33H42BrN3O6Si. The predicted molar refractivity (Wildman–Crippen MR) is 174 cm³/mol. The summed E-state index contributed by atoms with van der Waals surface area (Å²) >= 11 is 3.60. The minimum atomic E-state index is -2.93. The molecule has 11 heteroatoms. The van der Waals surface area contributed by atoms with E-state index >= 15 is 0 Å². The van der Waals surface area contributed by atoms with Crippen molar-refractivity contribution in [1.82, 2.24) is 4.90 Å². The lowest BCUT2D eigenvalue weighted by molar-refractivity contribution is -0.150. The van der Waals surface area contributed by atoms with Crippen LogP contribution >= 0.6 is 15.9 Å². The number of anilines is 2. The van der Waals surface area contributed by atoms with Crippen molar-refractivity contribution in [1.29, 1.82) is 0 Å². The lowest BCUT2D eigenvalue weighted by Gasteiger charge is -2.33. The van der Waals surface area contributed by atoms with Crippen molar-refractivity contribution in [3.05, 3.63) is 58.1 Å². The number of benzene rings is 2. The molecular weight excluding hydrogens is 642 g/mol. The molecule has 9 nitrogen and oxygen atoms in total. The third-order valence-corrected chi connectivity index (χ3v) is 13.1. The summed E-state index contributed by atoms with van der Waals surface area (Å²) in [4.78, 5) is 57.8. The first-order valence-corrected chi connectivity index (χ1v) is 19.6. The Morgan fingerprint density at radius 2 is 1.91 bits per heavy atom. The number of ether oxygens (including phenoxy) is 1. The fraction of sp³-hybridized carbons (Fsp3) is 0.545. The standard InChI is InChI=1S/C33H42BrN3O6Si/c1-21-31(44(2,3)42)28(18-30(40)36-15-7-10-25(36)20-38)43-33(21)26-17-23(34)12-13-27(26)37(32(33)41)19-22-8-6-9-24(16-22)35-14-5-4-11-29(35)39/h6,8-9,12-13,16-17,21,25,28,31,38,42H,4-5,7,10-11,14-15,18-20H2,1-3H3/t21-,25-,28+,31-,33+/m0/s1. The molecule has 4 aliphatic rings. The third-order valence-electron chi connectivity index (χ3n) is 10.1. The Morgan fingerprint density at radius 3 is 2.64 bits per heavy atom. The van der Waals surface area contributed by atoms with Crippen LogP contribution in [0.25, 0.3) is 0 Å². The van der Waals surface area contributed by atoms with Crippen LogP contribution in [0.2, 0.25) is 18.6 Å². The molecule has 0 aliphatic carbocycles. The molecule has 5 atom stereocenters. The highest BCUT2D eigenvalue weighted by Gasteiger charge is 2.66. The molecule has 4 heterocycles. The van der Waals surface area contributed by atoms with Gasteiger partial charge < -0.3 is 29.3 Å². The van der Waals surface area contributed by atoms with Gasteiger partial charge in [-0.1, -0.05) is 35.0 Å². The molecule has 0 saturated carbocycles. The highest BCUT2D eigenvalue weighted by atomic mass is 79.9. The number of hydrogen-bond acceptors (Lipinski definition) is 6. The largest absolute Gasteiger partial charge is 0.432 e. The molecule has 3 amide bonds. The van der Waals surface area contributed by atoms with E-state index in [0.717, 1.165) is 52.7 Å². The molecule has 2 N–H and O–H groups in total. The molecule has 3 saturated heterocycles. The summed E-state index contributed by atoms with van der Waals surface area (Å²) in [5.74, 6) is -0.582. The number of fused-ring (bicyclic) bond motifs is 2. The Kier molecular flexibility index (Phi) is 8.55. The molecule has 44 heavy (non-hydrogen) atoms. The Bertz CT molecular complexity index is 1470. The molecule has 3 fully saturated rings. The van der Waals surface area contributed by atoms with Crippen LogP contribution in [0.4, 0.5) is 11.4 Å². The maximum atomic E-state index is 14.7. The van der Waals surface area contributed by atoms with Crippen LogP contribution in [0.3, 0.4) is 0 Å². The van der Waals surface area contributed by atoms with Crippen molar-refractivity contribution in [2.75, 3.05) is 29.5 Å². The molecule has 236 valence electrons. The van der Waals surface area contributed by atoms with E-state index in [1.807, 2.05) is 67.4 Å². The summed E-state index contributed by atoms with van der Waals surface area (Å²) in [5.41, 5.74) is 1.49. The molecule has 0 unspecified atom stereocenters. The van der Waals surface area contributed by atoms with Gasteiger partial charge in [-0.25, -0.2) is 0 Å². The van der Waals surface area contributed by atoms with E-state index in [2.05, 4.69) is 15.9 Å². The Morgan fingerprint density at radius 1 is 1.11 bits per heavy atom. The van der Waals surface area contributed by atoms with Crippen molar-refractivity contribution in [3.8, 4) is 0 Å². The van der Waals surface area contributed by atoms with Gasteiger partial charge in [0.15, 0.2) is 13.9 Å². The van der Waals surface area contributed by atoms with Crippen LogP contribution in [0.15, 0.2) is 46.9 Å². The zero-order valence-corrected chi connectivity index (χ0v) is 28.3. The second kappa shape index (κ2) is 12.0. The minimum absolute atomic E-state index is 0.0484. The Labute approximate surface area is 268 Å². The number of nitrogens with zero attached hydrogens (tertiary/aromatic N) is 3. The first-order chi connectivity index (χ1) is 21.0. The monoisotopic (exact) mass is 683 g/mol. The van der Waals surface area contributed by atoms with E-state index in [1.165, 1.54) is 0 Å². The van der Waals surface area contributed by atoms with Crippen LogP contribution in [0.5, 0.6) is 0 Å². The zero-order chi connectivity index (χ0) is 31.4. The lowest BCUT2D eigenvalue weighted by atomic mass is 9.82. The number of aliphatic hydroxyl groups is 1. The normalized spacial score (nSPS) is 28.8.